The fourth-order valence-corrected chi connectivity index (χ4v) is 5.77. The van der Waals surface area contributed by atoms with Crippen molar-refractivity contribution in [1.29, 1.82) is 0 Å². The molecule has 0 saturated heterocycles. The second-order valence-corrected chi connectivity index (χ2v) is 10.4. The first kappa shape index (κ1) is 20.0. The predicted octanol–water partition coefficient (Wildman–Crippen LogP) is 3.74. The van der Waals surface area contributed by atoms with Gasteiger partial charge < -0.3 is 0 Å². The molecule has 1 N–H and O–H groups in total. The zero-order chi connectivity index (χ0) is 20.8. The van der Waals surface area contributed by atoms with Crippen LogP contribution in [0.2, 0.25) is 0 Å². The molecule has 0 aliphatic carbocycles. The van der Waals surface area contributed by atoms with Crippen molar-refractivity contribution in [2.75, 3.05) is 16.3 Å². The summed E-state index contributed by atoms with van der Waals surface area (Å²) in [4.78, 5) is 4.64. The molecule has 8 heteroatoms. The van der Waals surface area contributed by atoms with Crippen molar-refractivity contribution >= 4 is 44.0 Å². The predicted molar refractivity (Wildman–Crippen MR) is 122 cm³/mol. The number of aliphatic imine (C=N–C) groups is 1. The first-order valence-electron chi connectivity index (χ1n) is 9.46. The highest BCUT2D eigenvalue weighted by atomic mass is 32.2. The van der Waals surface area contributed by atoms with Gasteiger partial charge in [0.25, 0.3) is 0 Å². The number of hydrogen-bond acceptors (Lipinski definition) is 5. The number of rotatable bonds is 3. The van der Waals surface area contributed by atoms with E-state index in [1.54, 1.807) is 11.8 Å². The van der Waals surface area contributed by atoms with Gasteiger partial charge in [-0.2, -0.15) is 5.10 Å². The van der Waals surface area contributed by atoms with Gasteiger partial charge in [0.15, 0.2) is 5.17 Å². The van der Waals surface area contributed by atoms with E-state index in [9.17, 15) is 8.42 Å². The summed E-state index contributed by atoms with van der Waals surface area (Å²) in [5.74, 6) is 0.709. The van der Waals surface area contributed by atoms with Gasteiger partial charge in [0.1, 0.15) is 0 Å². The highest BCUT2D eigenvalue weighted by Gasteiger charge is 2.32. The van der Waals surface area contributed by atoms with Crippen molar-refractivity contribution in [3.63, 3.8) is 0 Å². The molecule has 29 heavy (non-hydrogen) atoms. The second kappa shape index (κ2) is 7.50. The Bertz CT molecular complexity index is 1140. The maximum absolute atomic E-state index is 12.1. The van der Waals surface area contributed by atoms with Crippen LogP contribution in [0.1, 0.15) is 29.2 Å². The van der Waals surface area contributed by atoms with E-state index in [0.29, 0.717) is 12.2 Å². The minimum Gasteiger partial charge on any atom is -0.267 e. The minimum absolute atomic E-state index is 0.0623. The zero-order valence-electron chi connectivity index (χ0n) is 16.9. The number of nitrogens with zero attached hydrogens (tertiary/aromatic N) is 3. The number of aryl methyl sites for hydroxylation is 2. The lowest BCUT2D eigenvalue weighted by molar-refractivity contribution is 0.590. The number of anilines is 1. The lowest BCUT2D eigenvalue weighted by Gasteiger charge is -2.22. The first-order chi connectivity index (χ1) is 13.7. The Labute approximate surface area is 176 Å². The summed E-state index contributed by atoms with van der Waals surface area (Å²) in [6.07, 6.45) is 1.97. The van der Waals surface area contributed by atoms with E-state index in [4.69, 9.17) is 0 Å². The normalized spacial score (nSPS) is 20.4. The van der Waals surface area contributed by atoms with Crippen LogP contribution in [0.4, 0.5) is 11.4 Å². The van der Waals surface area contributed by atoms with Gasteiger partial charge in [-0.05, 0) is 73.7 Å². The quantitative estimate of drug-likeness (QED) is 0.808. The van der Waals surface area contributed by atoms with Crippen LogP contribution in [-0.2, 0) is 16.4 Å². The molecule has 0 amide bonds. The topological polar surface area (TPSA) is 74.1 Å². The van der Waals surface area contributed by atoms with Crippen molar-refractivity contribution in [2.45, 2.75) is 33.2 Å². The van der Waals surface area contributed by atoms with E-state index >= 15 is 0 Å². The van der Waals surface area contributed by atoms with E-state index in [0.717, 1.165) is 33.4 Å². The van der Waals surface area contributed by atoms with Crippen molar-refractivity contribution in [3.05, 3.63) is 58.7 Å². The second-order valence-electron chi connectivity index (χ2n) is 7.60. The zero-order valence-corrected chi connectivity index (χ0v) is 18.6. The van der Waals surface area contributed by atoms with Gasteiger partial charge in [-0.25, -0.2) is 13.4 Å². The highest BCUT2D eigenvalue weighted by molar-refractivity contribution is 8.14. The Morgan fingerprint density at radius 2 is 1.97 bits per heavy atom. The smallest absolute Gasteiger partial charge is 0.232 e. The summed E-state index contributed by atoms with van der Waals surface area (Å²) in [5.41, 5.74) is 10.2. The summed E-state index contributed by atoms with van der Waals surface area (Å²) in [6, 6.07) is 12.0. The van der Waals surface area contributed by atoms with Crippen LogP contribution in [0.25, 0.3) is 0 Å². The molecule has 152 valence electrons. The molecule has 2 aromatic carbocycles. The molecule has 0 unspecified atom stereocenters. The summed E-state index contributed by atoms with van der Waals surface area (Å²) in [6.45, 7) is 6.10. The number of sulfonamides is 1. The summed E-state index contributed by atoms with van der Waals surface area (Å²) in [7, 11) is -3.27. The molecule has 4 rings (SSSR count). The fourth-order valence-electron chi connectivity index (χ4n) is 3.72. The number of benzene rings is 2. The van der Waals surface area contributed by atoms with Crippen molar-refractivity contribution in [2.24, 2.45) is 10.1 Å². The van der Waals surface area contributed by atoms with Crippen LogP contribution in [-0.4, -0.2) is 37.3 Å². The first-order valence-corrected chi connectivity index (χ1v) is 12.3. The Morgan fingerprint density at radius 1 is 1.17 bits per heavy atom. The summed E-state index contributed by atoms with van der Waals surface area (Å²) < 4.78 is 25.7. The molecule has 2 aliphatic rings. The fraction of sp³-hybridized carbons (Fsp3) is 0.333. The number of hydrazone groups is 1. The van der Waals surface area contributed by atoms with Crippen molar-refractivity contribution < 1.29 is 8.42 Å². The molecule has 0 fully saturated rings. The van der Waals surface area contributed by atoms with Crippen LogP contribution in [0.15, 0.2) is 46.5 Å². The molecule has 0 radical (unpaired) electrons. The highest BCUT2D eigenvalue weighted by Crippen LogP contribution is 2.35. The Kier molecular flexibility index (Phi) is 5.16. The van der Waals surface area contributed by atoms with Crippen LogP contribution in [0.5, 0.6) is 0 Å². The van der Waals surface area contributed by atoms with Crippen LogP contribution in [0.3, 0.4) is 0 Å². The number of thioether (sulfide) groups is 1. The molecule has 0 bridgehead atoms. The molecule has 2 aromatic rings. The van der Waals surface area contributed by atoms with Crippen LogP contribution < -0.4 is 9.73 Å². The standard InChI is InChI=1S/C21H24N4O2S2/c1-13-5-7-18(9-14(13)2)22-21-24-23-19(12-28-21)16-6-8-20-17(11-16)10-15(3)25(20)29(4,26)27/h5-9,11,15H,10,12H2,1-4H3,(H,22,24)/t15-/m1/s1. The molecule has 1 atom stereocenters. The van der Waals surface area contributed by atoms with Gasteiger partial charge in [0, 0.05) is 11.8 Å². The van der Waals surface area contributed by atoms with Gasteiger partial charge in [-0.1, -0.05) is 23.9 Å². The van der Waals surface area contributed by atoms with Gasteiger partial charge in [-0.15, -0.1) is 0 Å². The van der Waals surface area contributed by atoms with Gasteiger partial charge in [0.2, 0.25) is 10.0 Å². The molecule has 0 spiro atoms. The number of nitrogens with one attached hydrogen (secondary N) is 1. The Balaban J connectivity index is 1.55. The monoisotopic (exact) mass is 428 g/mol. The summed E-state index contributed by atoms with van der Waals surface area (Å²) >= 11 is 1.61. The number of fused-ring (bicyclic) bond motifs is 1. The number of amidine groups is 1. The average molecular weight is 429 g/mol. The lowest BCUT2D eigenvalue weighted by Crippen LogP contribution is -2.34. The van der Waals surface area contributed by atoms with Crippen LogP contribution in [0, 0.1) is 13.8 Å². The van der Waals surface area contributed by atoms with E-state index in [1.807, 2.05) is 25.1 Å². The lowest BCUT2D eigenvalue weighted by atomic mass is 10.0. The van der Waals surface area contributed by atoms with Crippen molar-refractivity contribution in [1.82, 2.24) is 5.43 Å². The third-order valence-electron chi connectivity index (χ3n) is 5.28. The Morgan fingerprint density at radius 3 is 2.62 bits per heavy atom. The van der Waals surface area contributed by atoms with E-state index in [-0.39, 0.29) is 6.04 Å². The summed E-state index contributed by atoms with van der Waals surface area (Å²) in [5, 5.41) is 5.29. The third kappa shape index (κ3) is 4.04. The molecule has 0 aromatic heterocycles. The molecule has 2 heterocycles. The third-order valence-corrected chi connectivity index (χ3v) is 7.42. The van der Waals surface area contributed by atoms with Crippen molar-refractivity contribution in [3.8, 4) is 0 Å². The average Bonchev–Trinajstić information content (AvgIpc) is 3.00. The molecule has 2 aliphatic heterocycles. The minimum atomic E-state index is -3.27. The van der Waals surface area contributed by atoms with E-state index < -0.39 is 10.0 Å². The van der Waals surface area contributed by atoms with Gasteiger partial charge >= 0.3 is 0 Å². The Hall–Kier alpha value is -2.32. The molecular weight excluding hydrogens is 404 g/mol. The molecule has 6 nitrogen and oxygen atoms in total. The largest absolute Gasteiger partial charge is 0.267 e. The van der Waals surface area contributed by atoms with E-state index in [2.05, 4.69) is 47.6 Å². The maximum Gasteiger partial charge on any atom is 0.232 e. The SMILES string of the molecule is Cc1ccc(N=C2NN=C(c3ccc4c(c3)C[C@@H](C)N4S(C)(=O)=O)CS2)cc1C. The van der Waals surface area contributed by atoms with Crippen LogP contribution >= 0.6 is 11.8 Å². The molecular formula is C21H24N4O2S2. The number of hydrogen-bond donors (Lipinski definition) is 1. The van der Waals surface area contributed by atoms with Gasteiger partial charge in [0.05, 0.1) is 23.3 Å². The molecule has 0 saturated carbocycles. The maximum atomic E-state index is 12.1. The van der Waals surface area contributed by atoms with E-state index in [1.165, 1.54) is 21.7 Å². The van der Waals surface area contributed by atoms with Gasteiger partial charge in [-0.3, -0.25) is 9.73 Å².